The summed E-state index contributed by atoms with van der Waals surface area (Å²) in [6.07, 6.45) is 1.79. The number of carboxylic acid groups (broad SMARTS) is 1. The molecule has 0 unspecified atom stereocenters. The van der Waals surface area contributed by atoms with E-state index >= 15 is 0 Å². The number of rotatable bonds is 8. The third kappa shape index (κ3) is 5.58. The summed E-state index contributed by atoms with van der Waals surface area (Å²) in [6, 6.07) is 15.2. The molecule has 0 radical (unpaired) electrons. The van der Waals surface area contributed by atoms with Crippen LogP contribution >= 0.6 is 38.6 Å². The number of aromatic carboxylic acids is 1. The molecule has 204 valence electrons. The predicted molar refractivity (Wildman–Crippen MR) is 157 cm³/mol. The quantitative estimate of drug-likeness (QED) is 0.275. The van der Waals surface area contributed by atoms with Crippen LogP contribution in [0, 0.1) is 0 Å². The number of ether oxygens (including phenoxy) is 2. The van der Waals surface area contributed by atoms with Crippen molar-refractivity contribution in [3.8, 4) is 5.75 Å². The third-order valence-corrected chi connectivity index (χ3v) is 8.71. The molecular weight excluding hydrogens is 616 g/mol. The normalized spacial score (nSPS) is 15.0. The highest BCUT2D eigenvalue weighted by molar-refractivity contribution is 9.10. The fourth-order valence-corrected chi connectivity index (χ4v) is 6.67. The number of thiophene rings is 1. The Bertz CT molecular complexity index is 1800. The molecule has 4 aromatic rings. The standard InChI is InChI=1S/C29H23BrN2O6S2/c1-3-37-28(36)24-16(2)31-29-32(25(24)22-5-4-12-39-22)26(33)23(40-29)14-18-8-11-21(20(30)13-18)38-15-17-6-9-19(10-7-17)27(34)35/h4-14,25H,3,15H2,1-2H3,(H,34,35)/b23-14+/t25-/m1/s1. The number of fused-ring (bicyclic) bond motifs is 1. The zero-order valence-electron chi connectivity index (χ0n) is 21.4. The first-order chi connectivity index (χ1) is 19.3. The molecule has 3 heterocycles. The van der Waals surface area contributed by atoms with Crippen LogP contribution < -0.4 is 19.6 Å². The van der Waals surface area contributed by atoms with E-state index in [9.17, 15) is 14.4 Å². The Hall–Kier alpha value is -3.80. The molecule has 2 aromatic heterocycles. The first-order valence-electron chi connectivity index (χ1n) is 12.2. The van der Waals surface area contributed by atoms with E-state index in [0.29, 0.717) is 30.8 Å². The number of aromatic nitrogens is 1. The number of carbonyl (C=O) groups is 2. The maximum atomic E-state index is 13.7. The van der Waals surface area contributed by atoms with Crippen molar-refractivity contribution in [2.24, 2.45) is 4.99 Å². The summed E-state index contributed by atoms with van der Waals surface area (Å²) in [5, 5.41) is 11.0. The second-order valence-electron chi connectivity index (χ2n) is 8.80. The molecule has 0 saturated heterocycles. The second-order valence-corrected chi connectivity index (χ2v) is 11.6. The van der Waals surface area contributed by atoms with Gasteiger partial charge in [0.05, 0.1) is 32.4 Å². The van der Waals surface area contributed by atoms with Crippen molar-refractivity contribution >= 4 is 56.6 Å². The van der Waals surface area contributed by atoms with E-state index in [1.165, 1.54) is 34.8 Å². The number of allylic oxidation sites excluding steroid dienone is 1. The lowest BCUT2D eigenvalue weighted by molar-refractivity contribution is -0.139. The molecule has 0 aliphatic carbocycles. The van der Waals surface area contributed by atoms with Crippen LogP contribution in [0.1, 0.15) is 46.3 Å². The lowest BCUT2D eigenvalue weighted by Crippen LogP contribution is -2.39. The van der Waals surface area contributed by atoms with Crippen LogP contribution in [0.2, 0.25) is 0 Å². The third-order valence-electron chi connectivity index (χ3n) is 6.18. The molecule has 0 bridgehead atoms. The average molecular weight is 640 g/mol. The van der Waals surface area contributed by atoms with Gasteiger partial charge in [-0.1, -0.05) is 35.6 Å². The first-order valence-corrected chi connectivity index (χ1v) is 14.7. The van der Waals surface area contributed by atoms with Crippen LogP contribution in [0.4, 0.5) is 0 Å². The van der Waals surface area contributed by atoms with Crippen molar-refractivity contribution in [1.82, 2.24) is 4.57 Å². The van der Waals surface area contributed by atoms with Gasteiger partial charge in [0.1, 0.15) is 18.4 Å². The molecule has 40 heavy (non-hydrogen) atoms. The fraction of sp³-hybridized carbons (Fsp3) is 0.172. The minimum atomic E-state index is -0.977. The number of halogens is 1. The lowest BCUT2D eigenvalue weighted by Gasteiger charge is -2.23. The molecule has 2 aromatic carbocycles. The van der Waals surface area contributed by atoms with E-state index in [4.69, 9.17) is 14.6 Å². The van der Waals surface area contributed by atoms with Gasteiger partial charge in [0, 0.05) is 4.88 Å². The van der Waals surface area contributed by atoms with Gasteiger partial charge in [0.15, 0.2) is 4.80 Å². The van der Waals surface area contributed by atoms with E-state index in [1.54, 1.807) is 42.7 Å². The maximum absolute atomic E-state index is 13.7. The zero-order chi connectivity index (χ0) is 28.4. The minimum Gasteiger partial charge on any atom is -0.488 e. The topological polar surface area (TPSA) is 107 Å². The van der Waals surface area contributed by atoms with Crippen LogP contribution in [0.5, 0.6) is 5.75 Å². The van der Waals surface area contributed by atoms with Gasteiger partial charge in [-0.05, 0) is 82.7 Å². The van der Waals surface area contributed by atoms with Crippen molar-refractivity contribution in [1.29, 1.82) is 0 Å². The Morgan fingerprint density at radius 2 is 1.95 bits per heavy atom. The van der Waals surface area contributed by atoms with E-state index in [0.717, 1.165) is 16.0 Å². The number of hydrogen-bond acceptors (Lipinski definition) is 8. The van der Waals surface area contributed by atoms with Crippen molar-refractivity contribution < 1.29 is 24.2 Å². The summed E-state index contributed by atoms with van der Waals surface area (Å²) in [4.78, 5) is 43.6. The Balaban J connectivity index is 1.45. The van der Waals surface area contributed by atoms with Crippen LogP contribution in [-0.2, 0) is 16.1 Å². The number of esters is 1. The predicted octanol–water partition coefficient (Wildman–Crippen LogP) is 4.90. The average Bonchev–Trinajstić information content (AvgIpc) is 3.56. The van der Waals surface area contributed by atoms with E-state index in [1.807, 2.05) is 29.6 Å². The van der Waals surface area contributed by atoms with Crippen LogP contribution in [-0.4, -0.2) is 28.2 Å². The maximum Gasteiger partial charge on any atom is 0.338 e. The van der Waals surface area contributed by atoms with Gasteiger partial charge < -0.3 is 14.6 Å². The molecule has 1 atom stereocenters. The fourth-order valence-electron chi connectivity index (χ4n) is 4.29. The van der Waals surface area contributed by atoms with Crippen molar-refractivity contribution in [3.05, 3.63) is 117 Å². The molecule has 0 amide bonds. The van der Waals surface area contributed by atoms with Gasteiger partial charge >= 0.3 is 11.9 Å². The van der Waals surface area contributed by atoms with Crippen molar-refractivity contribution in [3.63, 3.8) is 0 Å². The summed E-state index contributed by atoms with van der Waals surface area (Å²) in [7, 11) is 0. The second kappa shape index (κ2) is 11.7. The first kappa shape index (κ1) is 27.8. The van der Waals surface area contributed by atoms with Gasteiger partial charge in [-0.2, -0.15) is 0 Å². The van der Waals surface area contributed by atoms with E-state index in [2.05, 4.69) is 20.9 Å². The number of carbonyl (C=O) groups excluding carboxylic acids is 1. The highest BCUT2D eigenvalue weighted by atomic mass is 79.9. The largest absolute Gasteiger partial charge is 0.488 e. The van der Waals surface area contributed by atoms with E-state index < -0.39 is 18.0 Å². The smallest absolute Gasteiger partial charge is 0.338 e. The highest BCUT2D eigenvalue weighted by Crippen LogP contribution is 2.33. The van der Waals surface area contributed by atoms with Crippen LogP contribution in [0.25, 0.3) is 6.08 Å². The van der Waals surface area contributed by atoms with E-state index in [-0.39, 0.29) is 24.3 Å². The van der Waals surface area contributed by atoms with Gasteiger partial charge in [0.25, 0.3) is 5.56 Å². The monoisotopic (exact) mass is 638 g/mol. The molecule has 1 aliphatic heterocycles. The highest BCUT2D eigenvalue weighted by Gasteiger charge is 2.33. The van der Waals surface area contributed by atoms with Gasteiger partial charge in [-0.25, -0.2) is 14.6 Å². The summed E-state index contributed by atoms with van der Waals surface area (Å²) in [5.74, 6) is -0.850. The summed E-state index contributed by atoms with van der Waals surface area (Å²) in [6.45, 7) is 4.00. The Kier molecular flexibility index (Phi) is 8.15. The van der Waals surface area contributed by atoms with Crippen LogP contribution in [0.3, 0.4) is 0 Å². The SMILES string of the molecule is CCOC(=O)C1=C(C)N=c2s/c(=C/c3ccc(OCc4ccc(C(=O)O)cc4)c(Br)c3)c(=O)n2[C@@H]1c1cccs1. The summed E-state index contributed by atoms with van der Waals surface area (Å²) < 4.78 is 14.0. The van der Waals surface area contributed by atoms with Crippen LogP contribution in [0.15, 0.2) is 85.5 Å². The molecule has 1 aliphatic rings. The minimum absolute atomic E-state index is 0.216. The number of nitrogens with zero attached hydrogens (tertiary/aromatic N) is 2. The number of thiazole rings is 1. The number of carboxylic acids is 1. The molecule has 0 fully saturated rings. The van der Waals surface area contributed by atoms with Gasteiger partial charge in [0.2, 0.25) is 0 Å². The Labute approximate surface area is 245 Å². The van der Waals surface area contributed by atoms with Gasteiger partial charge in [-0.3, -0.25) is 9.36 Å². The Morgan fingerprint density at radius 1 is 1.18 bits per heavy atom. The van der Waals surface area contributed by atoms with Gasteiger partial charge in [-0.15, -0.1) is 11.3 Å². The lowest BCUT2D eigenvalue weighted by atomic mass is 10.0. The molecule has 1 N–H and O–H groups in total. The van der Waals surface area contributed by atoms with Crippen molar-refractivity contribution in [2.75, 3.05) is 6.61 Å². The molecular formula is C29H23BrN2O6S2. The number of hydrogen-bond donors (Lipinski definition) is 1. The number of benzene rings is 2. The molecule has 0 saturated carbocycles. The zero-order valence-corrected chi connectivity index (χ0v) is 24.6. The molecule has 5 rings (SSSR count). The molecule has 11 heteroatoms. The Morgan fingerprint density at radius 3 is 2.60 bits per heavy atom. The molecule has 8 nitrogen and oxygen atoms in total. The summed E-state index contributed by atoms with van der Waals surface area (Å²) >= 11 is 6.28. The summed E-state index contributed by atoms with van der Waals surface area (Å²) in [5.41, 5.74) is 2.49. The molecule has 0 spiro atoms. The van der Waals surface area contributed by atoms with Crippen molar-refractivity contribution in [2.45, 2.75) is 26.5 Å².